The summed E-state index contributed by atoms with van der Waals surface area (Å²) in [6, 6.07) is 9.64. The van der Waals surface area contributed by atoms with Crippen LogP contribution in [0.25, 0.3) is 0 Å². The van der Waals surface area contributed by atoms with Crippen LogP contribution in [0.1, 0.15) is 12.0 Å². The molecule has 0 aromatic heterocycles. The van der Waals surface area contributed by atoms with Crippen molar-refractivity contribution in [1.29, 1.82) is 0 Å². The number of carbonyl (C=O) groups is 1. The molecule has 8 heteroatoms. The number of rotatable bonds is 5. The van der Waals surface area contributed by atoms with Gasteiger partial charge in [0.15, 0.2) is 0 Å². The molecule has 1 aliphatic heterocycles. The number of amides is 1. The number of ether oxygens (including phenoxy) is 1. The minimum atomic E-state index is -3.79. The zero-order chi connectivity index (χ0) is 18.9. The van der Waals surface area contributed by atoms with E-state index >= 15 is 0 Å². The van der Waals surface area contributed by atoms with Crippen LogP contribution < -0.4 is 14.4 Å². The Morgan fingerprint density at radius 1 is 1.23 bits per heavy atom. The minimum absolute atomic E-state index is 0.0187. The highest BCUT2D eigenvalue weighted by molar-refractivity contribution is 7.89. The van der Waals surface area contributed by atoms with Gasteiger partial charge in [-0.05, 0) is 48.9 Å². The Hall–Kier alpha value is -2.45. The number of hydrogen-bond donors (Lipinski definition) is 1. The van der Waals surface area contributed by atoms with E-state index in [1.807, 2.05) is 0 Å². The number of carbonyl (C=O) groups excluding carboxylic acids is 1. The molecule has 0 radical (unpaired) electrons. The van der Waals surface area contributed by atoms with Crippen LogP contribution in [0.2, 0.25) is 0 Å². The third-order valence-electron chi connectivity index (χ3n) is 4.24. The summed E-state index contributed by atoms with van der Waals surface area (Å²) in [7, 11) is -2.27. The van der Waals surface area contributed by atoms with Crippen LogP contribution in [-0.2, 0) is 14.8 Å². The average molecular weight is 378 g/mol. The third kappa shape index (κ3) is 3.71. The quantitative estimate of drug-likeness (QED) is 0.866. The SMILES string of the molecule is COc1ccc(S(=O)(=O)N[C@H]2CC(=O)N(c3cccc(F)c3)C2)cc1C. The van der Waals surface area contributed by atoms with Crippen molar-refractivity contribution < 1.29 is 22.3 Å². The van der Waals surface area contributed by atoms with Crippen molar-refractivity contribution in [2.75, 3.05) is 18.6 Å². The van der Waals surface area contributed by atoms with Gasteiger partial charge in [-0.2, -0.15) is 0 Å². The zero-order valence-electron chi connectivity index (χ0n) is 14.4. The molecule has 0 bridgehead atoms. The lowest BCUT2D eigenvalue weighted by Gasteiger charge is -2.17. The summed E-state index contributed by atoms with van der Waals surface area (Å²) in [5.41, 5.74) is 1.11. The summed E-state index contributed by atoms with van der Waals surface area (Å²) < 4.78 is 46.3. The molecule has 1 saturated heterocycles. The lowest BCUT2D eigenvalue weighted by Crippen LogP contribution is -2.37. The van der Waals surface area contributed by atoms with Crippen molar-refractivity contribution in [3.8, 4) is 5.75 Å². The normalized spacial score (nSPS) is 17.6. The Morgan fingerprint density at radius 2 is 2.00 bits per heavy atom. The van der Waals surface area contributed by atoms with Crippen molar-refractivity contribution in [3.63, 3.8) is 0 Å². The van der Waals surface area contributed by atoms with E-state index in [1.54, 1.807) is 19.1 Å². The second-order valence-electron chi connectivity index (χ2n) is 6.14. The topological polar surface area (TPSA) is 75.7 Å². The van der Waals surface area contributed by atoms with Crippen molar-refractivity contribution in [2.24, 2.45) is 0 Å². The average Bonchev–Trinajstić information content (AvgIpc) is 2.94. The molecular weight excluding hydrogens is 359 g/mol. The second-order valence-corrected chi connectivity index (χ2v) is 7.85. The maximum Gasteiger partial charge on any atom is 0.240 e. The molecule has 1 atom stereocenters. The fraction of sp³-hybridized carbons (Fsp3) is 0.278. The zero-order valence-corrected chi connectivity index (χ0v) is 15.2. The summed E-state index contributed by atoms with van der Waals surface area (Å²) in [4.78, 5) is 13.7. The Balaban J connectivity index is 1.77. The van der Waals surface area contributed by atoms with E-state index in [2.05, 4.69) is 4.72 Å². The molecule has 138 valence electrons. The number of nitrogens with zero attached hydrogens (tertiary/aromatic N) is 1. The molecule has 2 aromatic carbocycles. The van der Waals surface area contributed by atoms with Gasteiger partial charge in [0.1, 0.15) is 11.6 Å². The largest absolute Gasteiger partial charge is 0.496 e. The first kappa shape index (κ1) is 18.3. The van der Waals surface area contributed by atoms with Gasteiger partial charge in [0, 0.05) is 24.7 Å². The van der Waals surface area contributed by atoms with E-state index in [9.17, 15) is 17.6 Å². The summed E-state index contributed by atoms with van der Waals surface area (Å²) >= 11 is 0. The smallest absolute Gasteiger partial charge is 0.240 e. The maximum atomic E-state index is 13.4. The fourth-order valence-electron chi connectivity index (χ4n) is 2.99. The number of hydrogen-bond acceptors (Lipinski definition) is 4. The second kappa shape index (κ2) is 7.05. The van der Waals surface area contributed by atoms with Crippen LogP contribution in [0.4, 0.5) is 10.1 Å². The molecule has 26 heavy (non-hydrogen) atoms. The number of aryl methyl sites for hydroxylation is 1. The molecule has 1 amide bonds. The predicted molar refractivity (Wildman–Crippen MR) is 95.2 cm³/mol. The van der Waals surface area contributed by atoms with Crippen molar-refractivity contribution in [3.05, 3.63) is 53.8 Å². The standard InChI is InChI=1S/C18H19FN2O4S/c1-12-8-16(6-7-17(12)25-2)26(23,24)20-14-10-18(22)21(11-14)15-5-3-4-13(19)9-15/h3-9,14,20H,10-11H2,1-2H3/t14-/m0/s1. The van der Waals surface area contributed by atoms with E-state index in [4.69, 9.17) is 4.74 Å². The van der Waals surface area contributed by atoms with Crippen LogP contribution in [0.5, 0.6) is 5.75 Å². The molecule has 0 saturated carbocycles. The van der Waals surface area contributed by atoms with E-state index in [1.165, 1.54) is 42.3 Å². The first-order valence-corrected chi connectivity index (χ1v) is 9.51. The molecule has 1 fully saturated rings. The number of halogens is 1. The Morgan fingerprint density at radius 3 is 2.65 bits per heavy atom. The van der Waals surface area contributed by atoms with E-state index < -0.39 is 21.9 Å². The first-order chi connectivity index (χ1) is 12.3. The highest BCUT2D eigenvalue weighted by Gasteiger charge is 2.33. The molecule has 0 spiro atoms. The molecule has 0 aliphatic carbocycles. The minimum Gasteiger partial charge on any atom is -0.496 e. The number of nitrogens with one attached hydrogen (secondary N) is 1. The lowest BCUT2D eigenvalue weighted by atomic mass is 10.2. The van der Waals surface area contributed by atoms with E-state index in [-0.39, 0.29) is 23.8 Å². The Bertz CT molecular complexity index is 946. The molecular formula is C18H19FN2O4S. The Kier molecular flexibility index (Phi) is 4.97. The summed E-state index contributed by atoms with van der Waals surface area (Å²) in [6.45, 7) is 1.90. The Labute approximate surface area is 151 Å². The van der Waals surface area contributed by atoms with Crippen molar-refractivity contribution in [2.45, 2.75) is 24.3 Å². The van der Waals surface area contributed by atoms with Gasteiger partial charge in [-0.15, -0.1) is 0 Å². The number of sulfonamides is 1. The molecule has 1 heterocycles. The van der Waals surface area contributed by atoms with Gasteiger partial charge in [-0.3, -0.25) is 4.79 Å². The van der Waals surface area contributed by atoms with Crippen molar-refractivity contribution >= 4 is 21.6 Å². The molecule has 1 aliphatic rings. The first-order valence-electron chi connectivity index (χ1n) is 8.03. The maximum absolute atomic E-state index is 13.4. The number of benzene rings is 2. The molecule has 3 rings (SSSR count). The van der Waals surface area contributed by atoms with Crippen LogP contribution in [-0.4, -0.2) is 34.0 Å². The van der Waals surface area contributed by atoms with Gasteiger partial charge in [0.25, 0.3) is 0 Å². The molecule has 2 aromatic rings. The van der Waals surface area contributed by atoms with Gasteiger partial charge in [-0.25, -0.2) is 17.5 Å². The van der Waals surface area contributed by atoms with Gasteiger partial charge >= 0.3 is 0 Å². The monoisotopic (exact) mass is 378 g/mol. The molecule has 6 nitrogen and oxygen atoms in total. The highest BCUT2D eigenvalue weighted by atomic mass is 32.2. The van der Waals surface area contributed by atoms with Gasteiger partial charge in [0.2, 0.25) is 15.9 Å². The summed E-state index contributed by atoms with van der Waals surface area (Å²) in [5, 5.41) is 0. The van der Waals surface area contributed by atoms with Gasteiger partial charge in [0.05, 0.1) is 12.0 Å². The van der Waals surface area contributed by atoms with Crippen LogP contribution in [0, 0.1) is 12.7 Å². The van der Waals surface area contributed by atoms with Gasteiger partial charge in [-0.1, -0.05) is 6.07 Å². The van der Waals surface area contributed by atoms with Crippen LogP contribution in [0.3, 0.4) is 0 Å². The van der Waals surface area contributed by atoms with Crippen LogP contribution >= 0.6 is 0 Å². The third-order valence-corrected chi connectivity index (χ3v) is 5.76. The van der Waals surface area contributed by atoms with Gasteiger partial charge < -0.3 is 9.64 Å². The molecule has 1 N–H and O–H groups in total. The fourth-order valence-corrected chi connectivity index (χ4v) is 4.30. The van der Waals surface area contributed by atoms with Crippen LogP contribution in [0.15, 0.2) is 47.4 Å². The number of methoxy groups -OCH3 is 1. The predicted octanol–water partition coefficient (Wildman–Crippen LogP) is 2.23. The number of anilines is 1. The lowest BCUT2D eigenvalue weighted by molar-refractivity contribution is -0.117. The molecule has 0 unspecified atom stereocenters. The summed E-state index contributed by atoms with van der Waals surface area (Å²) in [5.74, 6) is -0.112. The van der Waals surface area contributed by atoms with E-state index in [0.29, 0.717) is 17.0 Å². The van der Waals surface area contributed by atoms with E-state index in [0.717, 1.165) is 0 Å². The highest BCUT2D eigenvalue weighted by Crippen LogP contribution is 2.25. The summed E-state index contributed by atoms with van der Waals surface area (Å²) in [6.07, 6.45) is 0.0187. The van der Waals surface area contributed by atoms with Crippen molar-refractivity contribution in [1.82, 2.24) is 4.72 Å².